The number of rotatable bonds is 2. The SMILES string of the molecule is O=C(O)c1ccc2nc(-c3c(O)ccc4ccccc34)[nH]c2c1. The molecule has 23 heavy (non-hydrogen) atoms. The van der Waals surface area contributed by atoms with E-state index in [0.717, 1.165) is 10.8 Å². The summed E-state index contributed by atoms with van der Waals surface area (Å²) < 4.78 is 0. The molecule has 0 radical (unpaired) electrons. The molecule has 1 heterocycles. The Bertz CT molecular complexity index is 1070. The van der Waals surface area contributed by atoms with Crippen LogP contribution in [0.5, 0.6) is 5.75 Å². The van der Waals surface area contributed by atoms with Crippen LogP contribution in [0.1, 0.15) is 10.4 Å². The number of nitrogens with zero attached hydrogens (tertiary/aromatic N) is 1. The smallest absolute Gasteiger partial charge is 0.335 e. The van der Waals surface area contributed by atoms with Gasteiger partial charge in [-0.25, -0.2) is 9.78 Å². The number of carboxylic acid groups (broad SMARTS) is 1. The number of aromatic carboxylic acids is 1. The minimum Gasteiger partial charge on any atom is -0.507 e. The molecule has 0 spiro atoms. The molecule has 4 rings (SSSR count). The molecule has 0 aliphatic heterocycles. The molecule has 3 aromatic carbocycles. The number of aromatic nitrogens is 2. The molecule has 0 unspecified atom stereocenters. The first-order chi connectivity index (χ1) is 11.1. The third-order valence-electron chi connectivity index (χ3n) is 3.87. The second-order valence-electron chi connectivity index (χ2n) is 5.30. The summed E-state index contributed by atoms with van der Waals surface area (Å²) in [4.78, 5) is 18.7. The number of carbonyl (C=O) groups is 1. The van der Waals surface area contributed by atoms with Crippen molar-refractivity contribution in [3.8, 4) is 17.1 Å². The van der Waals surface area contributed by atoms with Crippen LogP contribution in [0.3, 0.4) is 0 Å². The maximum Gasteiger partial charge on any atom is 0.335 e. The van der Waals surface area contributed by atoms with Crippen LogP contribution in [0.25, 0.3) is 33.2 Å². The minimum absolute atomic E-state index is 0.126. The third kappa shape index (κ3) is 2.10. The van der Waals surface area contributed by atoms with E-state index in [2.05, 4.69) is 9.97 Å². The van der Waals surface area contributed by atoms with Gasteiger partial charge < -0.3 is 15.2 Å². The Morgan fingerprint density at radius 3 is 2.70 bits per heavy atom. The fourth-order valence-electron chi connectivity index (χ4n) is 2.77. The Balaban J connectivity index is 1.99. The van der Waals surface area contributed by atoms with Crippen LogP contribution in [0, 0.1) is 0 Å². The highest BCUT2D eigenvalue weighted by Gasteiger charge is 2.14. The highest BCUT2D eigenvalue weighted by Crippen LogP contribution is 2.35. The number of aromatic amines is 1. The number of benzene rings is 3. The Hall–Kier alpha value is -3.34. The fourth-order valence-corrected chi connectivity index (χ4v) is 2.77. The number of phenols is 1. The normalized spacial score (nSPS) is 11.1. The maximum atomic E-state index is 11.1. The van der Waals surface area contributed by atoms with Gasteiger partial charge in [0.15, 0.2) is 0 Å². The van der Waals surface area contributed by atoms with Crippen LogP contribution in [0.4, 0.5) is 0 Å². The zero-order chi connectivity index (χ0) is 16.0. The van der Waals surface area contributed by atoms with Gasteiger partial charge in [-0.3, -0.25) is 0 Å². The first-order valence-corrected chi connectivity index (χ1v) is 7.07. The lowest BCUT2D eigenvalue weighted by Gasteiger charge is -2.06. The number of H-pyrrole nitrogens is 1. The van der Waals surface area contributed by atoms with Crippen LogP contribution in [0.15, 0.2) is 54.6 Å². The zero-order valence-corrected chi connectivity index (χ0v) is 11.9. The molecule has 0 aliphatic carbocycles. The molecule has 0 saturated carbocycles. The molecule has 0 amide bonds. The molecule has 0 fully saturated rings. The van der Waals surface area contributed by atoms with Crippen molar-refractivity contribution >= 4 is 27.8 Å². The summed E-state index contributed by atoms with van der Waals surface area (Å²) in [5.74, 6) is -0.353. The predicted octanol–water partition coefficient (Wildman–Crippen LogP) is 3.79. The van der Waals surface area contributed by atoms with Gasteiger partial charge in [0.05, 0.1) is 22.2 Å². The number of nitrogens with one attached hydrogen (secondary N) is 1. The zero-order valence-electron chi connectivity index (χ0n) is 11.9. The minimum atomic E-state index is -0.990. The van der Waals surface area contributed by atoms with Gasteiger partial charge in [-0.15, -0.1) is 0 Å². The molecule has 0 atom stereocenters. The predicted molar refractivity (Wildman–Crippen MR) is 87.7 cm³/mol. The summed E-state index contributed by atoms with van der Waals surface area (Å²) >= 11 is 0. The average Bonchev–Trinajstić information content (AvgIpc) is 2.97. The third-order valence-corrected chi connectivity index (χ3v) is 3.87. The summed E-state index contributed by atoms with van der Waals surface area (Å²) in [5, 5.41) is 21.2. The average molecular weight is 304 g/mol. The number of aromatic hydroxyl groups is 1. The van der Waals surface area contributed by atoms with Gasteiger partial charge in [0.2, 0.25) is 0 Å². The topological polar surface area (TPSA) is 86.2 Å². The van der Waals surface area contributed by atoms with Crippen LogP contribution in [-0.2, 0) is 0 Å². The van der Waals surface area contributed by atoms with Crippen LogP contribution in [0.2, 0.25) is 0 Å². The van der Waals surface area contributed by atoms with Gasteiger partial charge in [-0.2, -0.15) is 0 Å². The number of phenolic OH excluding ortho intramolecular Hbond substituents is 1. The largest absolute Gasteiger partial charge is 0.507 e. The maximum absolute atomic E-state index is 11.1. The van der Waals surface area contributed by atoms with Crippen molar-refractivity contribution in [2.75, 3.05) is 0 Å². The molecule has 5 heteroatoms. The summed E-state index contributed by atoms with van der Waals surface area (Å²) in [7, 11) is 0. The van der Waals surface area contributed by atoms with Gasteiger partial charge >= 0.3 is 5.97 Å². The van der Waals surface area contributed by atoms with Crippen molar-refractivity contribution in [1.82, 2.24) is 9.97 Å². The van der Waals surface area contributed by atoms with Gasteiger partial charge in [0.1, 0.15) is 11.6 Å². The number of imidazole rings is 1. The van der Waals surface area contributed by atoms with Gasteiger partial charge in [-0.1, -0.05) is 30.3 Å². The lowest BCUT2D eigenvalue weighted by molar-refractivity contribution is 0.0697. The van der Waals surface area contributed by atoms with Crippen LogP contribution >= 0.6 is 0 Å². The Morgan fingerprint density at radius 2 is 1.87 bits per heavy atom. The van der Waals surface area contributed by atoms with Crippen molar-refractivity contribution in [3.05, 3.63) is 60.2 Å². The Labute approximate surface area is 130 Å². The first-order valence-electron chi connectivity index (χ1n) is 7.07. The number of carboxylic acids is 1. The van der Waals surface area contributed by atoms with Crippen molar-refractivity contribution in [1.29, 1.82) is 0 Å². The van der Waals surface area contributed by atoms with Gasteiger partial charge in [0, 0.05) is 0 Å². The first kappa shape index (κ1) is 13.3. The Morgan fingerprint density at radius 1 is 1.04 bits per heavy atom. The quantitative estimate of drug-likeness (QED) is 0.526. The Kier molecular flexibility index (Phi) is 2.81. The van der Waals surface area contributed by atoms with Crippen molar-refractivity contribution in [2.24, 2.45) is 0 Å². The molecule has 0 aliphatic rings. The van der Waals surface area contributed by atoms with E-state index in [1.165, 1.54) is 12.1 Å². The second kappa shape index (κ2) is 4.84. The molecule has 112 valence electrons. The highest BCUT2D eigenvalue weighted by molar-refractivity contribution is 6.00. The van der Waals surface area contributed by atoms with Crippen molar-refractivity contribution in [3.63, 3.8) is 0 Å². The van der Waals surface area contributed by atoms with Gasteiger partial charge in [0.25, 0.3) is 0 Å². The molecule has 0 saturated heterocycles. The van der Waals surface area contributed by atoms with E-state index in [1.54, 1.807) is 12.1 Å². The van der Waals surface area contributed by atoms with E-state index in [0.29, 0.717) is 22.4 Å². The number of fused-ring (bicyclic) bond motifs is 2. The summed E-state index contributed by atoms with van der Waals surface area (Å²) in [5.41, 5.74) is 2.07. The van der Waals surface area contributed by atoms with Crippen molar-refractivity contribution < 1.29 is 15.0 Å². The molecule has 3 N–H and O–H groups in total. The number of hydrogen-bond donors (Lipinski definition) is 3. The summed E-state index contributed by atoms with van der Waals surface area (Å²) in [6.45, 7) is 0. The number of hydrogen-bond acceptors (Lipinski definition) is 3. The van der Waals surface area contributed by atoms with E-state index in [4.69, 9.17) is 5.11 Å². The molecule has 5 nitrogen and oxygen atoms in total. The van der Waals surface area contributed by atoms with E-state index in [-0.39, 0.29) is 11.3 Å². The highest BCUT2D eigenvalue weighted by atomic mass is 16.4. The van der Waals surface area contributed by atoms with E-state index < -0.39 is 5.97 Å². The second-order valence-corrected chi connectivity index (χ2v) is 5.30. The monoisotopic (exact) mass is 304 g/mol. The van der Waals surface area contributed by atoms with E-state index in [1.807, 2.05) is 30.3 Å². The standard InChI is InChI=1S/C18H12N2O3/c21-15-8-6-10-3-1-2-4-12(10)16(15)17-19-13-7-5-11(18(22)23)9-14(13)20-17/h1-9,21H,(H,19,20)(H,22,23). The molecular formula is C18H12N2O3. The van der Waals surface area contributed by atoms with E-state index >= 15 is 0 Å². The molecule has 4 aromatic rings. The van der Waals surface area contributed by atoms with Crippen LogP contribution in [-0.4, -0.2) is 26.2 Å². The molecular weight excluding hydrogens is 292 g/mol. The van der Waals surface area contributed by atoms with Crippen molar-refractivity contribution in [2.45, 2.75) is 0 Å². The molecule has 0 bridgehead atoms. The van der Waals surface area contributed by atoms with Gasteiger partial charge in [-0.05, 0) is 35.0 Å². The fraction of sp³-hybridized carbons (Fsp3) is 0. The summed E-state index contributed by atoms with van der Waals surface area (Å²) in [6.07, 6.45) is 0. The van der Waals surface area contributed by atoms with Crippen LogP contribution < -0.4 is 0 Å². The van der Waals surface area contributed by atoms with E-state index in [9.17, 15) is 9.90 Å². The summed E-state index contributed by atoms with van der Waals surface area (Å²) in [6, 6.07) is 15.9. The molecule has 1 aromatic heterocycles. The lowest BCUT2D eigenvalue weighted by atomic mass is 10.0. The lowest BCUT2D eigenvalue weighted by Crippen LogP contribution is -1.94.